The summed E-state index contributed by atoms with van der Waals surface area (Å²) in [5.74, 6) is -1.30. The summed E-state index contributed by atoms with van der Waals surface area (Å²) >= 11 is 0. The first-order valence-corrected chi connectivity index (χ1v) is 5.10. The molecule has 0 atom stereocenters. The number of carbonyl (C=O) groups is 1. The van der Waals surface area contributed by atoms with E-state index < -0.39 is 18.9 Å². The quantitative estimate of drug-likeness (QED) is 0.903. The average molecular weight is 253 g/mol. The molecule has 0 spiro atoms. The molecule has 0 aliphatic rings. The molecule has 2 aromatic rings. The van der Waals surface area contributed by atoms with Crippen LogP contribution in [0.15, 0.2) is 30.3 Å². The van der Waals surface area contributed by atoms with E-state index in [1.54, 1.807) is 30.3 Å². The van der Waals surface area contributed by atoms with Gasteiger partial charge in [-0.1, -0.05) is 35.5 Å². The Bertz CT molecular complexity index is 555. The van der Waals surface area contributed by atoms with Gasteiger partial charge in [0.05, 0.1) is 0 Å². The predicted molar refractivity (Wildman–Crippen MR) is 58.4 cm³/mol. The Hall–Kier alpha value is -2.31. The lowest BCUT2D eigenvalue weighted by Gasteiger charge is -2.06. The van der Waals surface area contributed by atoms with E-state index in [2.05, 4.69) is 10.3 Å². The highest BCUT2D eigenvalue weighted by molar-refractivity contribution is 5.92. The Morgan fingerprint density at radius 3 is 2.56 bits per heavy atom. The second-order valence-corrected chi connectivity index (χ2v) is 3.53. The molecule has 0 saturated carbocycles. The Balaban J connectivity index is 2.54. The van der Waals surface area contributed by atoms with Crippen molar-refractivity contribution in [2.75, 3.05) is 0 Å². The van der Waals surface area contributed by atoms with Crippen LogP contribution in [0.3, 0.4) is 0 Å². The minimum absolute atomic E-state index is 0.0865. The summed E-state index contributed by atoms with van der Waals surface area (Å²) in [5, 5.41) is 15.9. The fraction of sp³-hybridized carbons (Fsp3) is 0.182. The van der Waals surface area contributed by atoms with Crippen molar-refractivity contribution in [3.63, 3.8) is 0 Å². The van der Waals surface area contributed by atoms with Crippen molar-refractivity contribution in [3.05, 3.63) is 36.0 Å². The molecule has 1 N–H and O–H groups in total. The maximum atomic E-state index is 12.4. The monoisotopic (exact) mass is 253 g/mol. The Morgan fingerprint density at radius 1 is 1.33 bits per heavy atom. The number of alkyl halides is 2. The number of halogens is 2. The van der Waals surface area contributed by atoms with Crippen LogP contribution in [0.2, 0.25) is 0 Å². The van der Waals surface area contributed by atoms with Crippen molar-refractivity contribution in [2.24, 2.45) is 0 Å². The van der Waals surface area contributed by atoms with Crippen LogP contribution in [0.5, 0.6) is 0 Å². The summed E-state index contributed by atoms with van der Waals surface area (Å²) < 4.78 is 25.7. The van der Waals surface area contributed by atoms with Crippen molar-refractivity contribution in [1.82, 2.24) is 15.0 Å². The molecule has 1 aromatic carbocycles. The zero-order chi connectivity index (χ0) is 13.1. The van der Waals surface area contributed by atoms with Crippen LogP contribution in [0.25, 0.3) is 11.3 Å². The van der Waals surface area contributed by atoms with Crippen molar-refractivity contribution in [2.45, 2.75) is 13.0 Å². The van der Waals surface area contributed by atoms with Crippen molar-refractivity contribution >= 4 is 5.97 Å². The minimum atomic E-state index is -2.63. The second kappa shape index (κ2) is 4.91. The molecule has 5 nitrogen and oxygen atoms in total. The van der Waals surface area contributed by atoms with Gasteiger partial charge in [-0.15, -0.1) is 5.10 Å². The van der Waals surface area contributed by atoms with E-state index in [4.69, 9.17) is 5.11 Å². The molecular weight excluding hydrogens is 244 g/mol. The summed E-state index contributed by atoms with van der Waals surface area (Å²) in [5.41, 5.74) is 0.241. The zero-order valence-electron chi connectivity index (χ0n) is 9.12. The number of hydrogen-bond donors (Lipinski definition) is 1. The van der Waals surface area contributed by atoms with Gasteiger partial charge in [-0.3, -0.25) is 0 Å². The molecule has 0 amide bonds. The molecule has 0 unspecified atom stereocenters. The van der Waals surface area contributed by atoms with Gasteiger partial charge in [0.15, 0.2) is 5.69 Å². The molecule has 0 aliphatic heterocycles. The van der Waals surface area contributed by atoms with Crippen LogP contribution in [0, 0.1) is 0 Å². The van der Waals surface area contributed by atoms with E-state index >= 15 is 0 Å². The smallest absolute Gasteiger partial charge is 0.358 e. The highest BCUT2D eigenvalue weighted by atomic mass is 19.3. The first kappa shape index (κ1) is 12.2. The largest absolute Gasteiger partial charge is 0.476 e. The van der Waals surface area contributed by atoms with Gasteiger partial charge in [0, 0.05) is 5.56 Å². The SMILES string of the molecule is O=C(O)c1nnn(CC(F)F)c1-c1ccccc1. The lowest BCUT2D eigenvalue weighted by atomic mass is 10.1. The maximum absolute atomic E-state index is 12.4. The fourth-order valence-corrected chi connectivity index (χ4v) is 1.60. The van der Waals surface area contributed by atoms with Gasteiger partial charge in [-0.25, -0.2) is 18.3 Å². The third-order valence-corrected chi connectivity index (χ3v) is 2.30. The number of carboxylic acid groups (broad SMARTS) is 1. The maximum Gasteiger partial charge on any atom is 0.358 e. The normalized spacial score (nSPS) is 10.8. The molecule has 0 aliphatic carbocycles. The van der Waals surface area contributed by atoms with Gasteiger partial charge in [0.25, 0.3) is 6.43 Å². The Morgan fingerprint density at radius 2 is 2.00 bits per heavy atom. The van der Waals surface area contributed by atoms with Crippen molar-refractivity contribution in [1.29, 1.82) is 0 Å². The molecule has 0 radical (unpaired) electrons. The molecule has 18 heavy (non-hydrogen) atoms. The predicted octanol–water partition coefficient (Wildman–Crippen LogP) is 1.91. The molecule has 2 rings (SSSR count). The van der Waals surface area contributed by atoms with E-state index in [1.165, 1.54) is 0 Å². The number of rotatable bonds is 4. The van der Waals surface area contributed by atoms with Gasteiger partial charge < -0.3 is 5.11 Å². The summed E-state index contributed by atoms with van der Waals surface area (Å²) in [6, 6.07) is 8.34. The third kappa shape index (κ3) is 2.34. The van der Waals surface area contributed by atoms with Crippen LogP contribution >= 0.6 is 0 Å². The number of carboxylic acids is 1. The first-order valence-electron chi connectivity index (χ1n) is 5.10. The van der Waals surface area contributed by atoms with Gasteiger partial charge in [-0.2, -0.15) is 0 Å². The average Bonchev–Trinajstić information content (AvgIpc) is 2.73. The third-order valence-electron chi connectivity index (χ3n) is 2.30. The number of nitrogens with zero attached hydrogens (tertiary/aromatic N) is 3. The van der Waals surface area contributed by atoms with Crippen LogP contribution in [-0.2, 0) is 6.54 Å². The van der Waals surface area contributed by atoms with Gasteiger partial charge in [0.1, 0.15) is 12.2 Å². The molecule has 7 heteroatoms. The van der Waals surface area contributed by atoms with E-state index in [0.717, 1.165) is 4.68 Å². The van der Waals surface area contributed by atoms with Crippen LogP contribution in [0.4, 0.5) is 8.78 Å². The molecular formula is C11H9F2N3O2. The van der Waals surface area contributed by atoms with Gasteiger partial charge in [-0.05, 0) is 0 Å². The molecule has 0 bridgehead atoms. The number of benzene rings is 1. The highest BCUT2D eigenvalue weighted by Gasteiger charge is 2.21. The number of hydrogen-bond acceptors (Lipinski definition) is 3. The topological polar surface area (TPSA) is 68.0 Å². The van der Waals surface area contributed by atoms with Crippen LogP contribution in [-0.4, -0.2) is 32.5 Å². The molecule has 1 aromatic heterocycles. The van der Waals surface area contributed by atoms with E-state index in [1.807, 2.05) is 0 Å². The second-order valence-electron chi connectivity index (χ2n) is 3.53. The highest BCUT2D eigenvalue weighted by Crippen LogP contribution is 2.22. The Labute approximate surface area is 101 Å². The van der Waals surface area contributed by atoms with Gasteiger partial charge >= 0.3 is 5.97 Å². The summed E-state index contributed by atoms with van der Waals surface area (Å²) in [6.07, 6.45) is -2.63. The summed E-state index contributed by atoms with van der Waals surface area (Å²) in [7, 11) is 0. The first-order chi connectivity index (χ1) is 8.59. The van der Waals surface area contributed by atoms with Crippen molar-refractivity contribution < 1.29 is 18.7 Å². The standard InChI is InChI=1S/C11H9F2N3O2/c12-8(13)6-16-10(7-4-2-1-3-5-7)9(11(17)18)14-15-16/h1-5,8H,6H2,(H,17,18). The van der Waals surface area contributed by atoms with Gasteiger partial charge in [0.2, 0.25) is 0 Å². The molecule has 0 fully saturated rings. The number of aromatic carboxylic acids is 1. The summed E-state index contributed by atoms with van der Waals surface area (Å²) in [6.45, 7) is -0.690. The minimum Gasteiger partial charge on any atom is -0.476 e. The van der Waals surface area contributed by atoms with Crippen molar-refractivity contribution in [3.8, 4) is 11.3 Å². The number of aromatic nitrogens is 3. The lowest BCUT2D eigenvalue weighted by molar-refractivity contribution is 0.0691. The van der Waals surface area contributed by atoms with Crippen LogP contribution < -0.4 is 0 Å². The molecule has 94 valence electrons. The van der Waals surface area contributed by atoms with Crippen LogP contribution in [0.1, 0.15) is 10.5 Å². The van der Waals surface area contributed by atoms with E-state index in [0.29, 0.717) is 5.56 Å². The van der Waals surface area contributed by atoms with E-state index in [9.17, 15) is 13.6 Å². The fourth-order valence-electron chi connectivity index (χ4n) is 1.60. The molecule has 0 saturated heterocycles. The van der Waals surface area contributed by atoms with E-state index in [-0.39, 0.29) is 11.4 Å². The molecule has 1 heterocycles. The summed E-state index contributed by atoms with van der Waals surface area (Å²) in [4.78, 5) is 11.0. The lowest BCUT2D eigenvalue weighted by Crippen LogP contribution is -2.10. The Kier molecular flexibility index (Phi) is 3.31. The zero-order valence-corrected chi connectivity index (χ0v) is 9.12.